The summed E-state index contributed by atoms with van der Waals surface area (Å²) in [6.07, 6.45) is 2.51. The third kappa shape index (κ3) is 3.66. The number of anilines is 1. The van der Waals surface area contributed by atoms with Gasteiger partial charge in [-0.3, -0.25) is 10.1 Å². The fourth-order valence-electron chi connectivity index (χ4n) is 3.67. The van der Waals surface area contributed by atoms with Crippen molar-refractivity contribution in [1.29, 1.82) is 0 Å². The first-order valence-corrected chi connectivity index (χ1v) is 8.80. The third-order valence-electron chi connectivity index (χ3n) is 4.88. The Labute approximate surface area is 148 Å². The Morgan fingerprint density at radius 1 is 1.24 bits per heavy atom. The van der Waals surface area contributed by atoms with Crippen LogP contribution < -0.4 is 9.80 Å². The maximum Gasteiger partial charge on any atom is 0.312 e. The summed E-state index contributed by atoms with van der Waals surface area (Å²) in [7, 11) is 2.10. The lowest BCUT2D eigenvalue weighted by atomic mass is 10.1. The summed E-state index contributed by atoms with van der Waals surface area (Å²) >= 11 is 0. The van der Waals surface area contributed by atoms with E-state index in [0.717, 1.165) is 19.6 Å². The van der Waals surface area contributed by atoms with Crippen LogP contribution in [0.15, 0.2) is 24.3 Å². The van der Waals surface area contributed by atoms with Crippen LogP contribution in [0.5, 0.6) is 0 Å². The molecule has 25 heavy (non-hydrogen) atoms. The lowest BCUT2D eigenvalue weighted by Gasteiger charge is -2.23. The number of hydrogen-bond donors (Lipinski definition) is 1. The van der Waals surface area contributed by atoms with Crippen molar-refractivity contribution in [1.82, 2.24) is 9.78 Å². The van der Waals surface area contributed by atoms with Gasteiger partial charge in [0.25, 0.3) is 0 Å². The third-order valence-corrected chi connectivity index (χ3v) is 4.88. The molecular formula is C18H26N5O2+. The van der Waals surface area contributed by atoms with Crippen LogP contribution in [0.25, 0.3) is 0 Å². The summed E-state index contributed by atoms with van der Waals surface area (Å²) in [6, 6.07) is 8.55. The lowest BCUT2D eigenvalue weighted by Crippen LogP contribution is -3.07. The Morgan fingerprint density at radius 2 is 1.92 bits per heavy atom. The number of nitrogens with one attached hydrogen (secondary N) is 1. The molecule has 134 valence electrons. The Bertz CT molecular complexity index is 765. The Balaban J connectivity index is 1.75. The second kappa shape index (κ2) is 7.23. The van der Waals surface area contributed by atoms with E-state index < -0.39 is 0 Å². The molecule has 1 fully saturated rings. The quantitative estimate of drug-likeness (QED) is 0.639. The standard InChI is InChI=1S/C18H25N5O2/c1-14-18(23(24)25)15(2)22(19-14)13-20(3)12-16-8-4-5-9-17(16)21-10-6-7-11-21/h4-5,8-9H,6-7,10-13H2,1-3H3/p+1. The number of aryl methyl sites for hydroxylation is 1. The van der Waals surface area contributed by atoms with Crippen LogP contribution in [-0.4, -0.2) is 34.8 Å². The van der Waals surface area contributed by atoms with E-state index in [4.69, 9.17) is 0 Å². The van der Waals surface area contributed by atoms with Crippen molar-refractivity contribution in [3.05, 3.63) is 51.3 Å². The van der Waals surface area contributed by atoms with Gasteiger partial charge in [0.05, 0.1) is 12.0 Å². The first-order valence-electron chi connectivity index (χ1n) is 8.80. The van der Waals surface area contributed by atoms with Gasteiger partial charge in [-0.05, 0) is 32.8 Å². The highest BCUT2D eigenvalue weighted by Crippen LogP contribution is 2.24. The van der Waals surface area contributed by atoms with Crippen molar-refractivity contribution in [2.45, 2.75) is 39.9 Å². The zero-order valence-electron chi connectivity index (χ0n) is 15.2. The van der Waals surface area contributed by atoms with Crippen LogP contribution in [0.4, 0.5) is 11.4 Å². The van der Waals surface area contributed by atoms with Gasteiger partial charge in [-0.25, -0.2) is 4.68 Å². The summed E-state index contributed by atoms with van der Waals surface area (Å²) in [5, 5.41) is 15.5. The molecule has 1 aliphatic rings. The van der Waals surface area contributed by atoms with Crippen molar-refractivity contribution >= 4 is 11.4 Å². The van der Waals surface area contributed by atoms with Gasteiger partial charge in [-0.1, -0.05) is 18.2 Å². The summed E-state index contributed by atoms with van der Waals surface area (Å²) in [4.78, 5) is 14.5. The highest BCUT2D eigenvalue weighted by atomic mass is 16.6. The molecule has 1 aromatic heterocycles. The predicted molar refractivity (Wildman–Crippen MR) is 96.8 cm³/mol. The van der Waals surface area contributed by atoms with E-state index >= 15 is 0 Å². The SMILES string of the molecule is Cc1nn(C[NH+](C)Cc2ccccc2N2CCCC2)c(C)c1[N+](=O)[O-]. The van der Waals surface area contributed by atoms with Crippen LogP contribution >= 0.6 is 0 Å². The molecule has 1 aliphatic heterocycles. The fourth-order valence-corrected chi connectivity index (χ4v) is 3.67. The molecule has 2 aromatic rings. The van der Waals surface area contributed by atoms with E-state index in [2.05, 4.69) is 41.3 Å². The van der Waals surface area contributed by atoms with Gasteiger partial charge in [0.1, 0.15) is 17.9 Å². The molecule has 1 aromatic carbocycles. The van der Waals surface area contributed by atoms with Crippen LogP contribution in [-0.2, 0) is 13.2 Å². The van der Waals surface area contributed by atoms with E-state index in [1.165, 1.54) is 29.0 Å². The maximum atomic E-state index is 11.2. The van der Waals surface area contributed by atoms with Crippen molar-refractivity contribution in [2.24, 2.45) is 0 Å². The molecule has 0 amide bonds. The average molecular weight is 344 g/mol. The van der Waals surface area contributed by atoms with Gasteiger partial charge in [0.2, 0.25) is 0 Å². The van der Waals surface area contributed by atoms with E-state index in [1.807, 2.05) is 0 Å². The number of para-hydroxylation sites is 1. The summed E-state index contributed by atoms with van der Waals surface area (Å²) in [5.41, 5.74) is 3.87. The van der Waals surface area contributed by atoms with Crippen LogP contribution in [0.2, 0.25) is 0 Å². The molecule has 7 heteroatoms. The smallest absolute Gasteiger partial charge is 0.312 e. The molecule has 1 N–H and O–H groups in total. The van der Waals surface area contributed by atoms with Gasteiger partial charge in [-0.2, -0.15) is 5.10 Å². The molecule has 0 saturated carbocycles. The Hall–Kier alpha value is -2.41. The number of benzene rings is 1. The largest absolute Gasteiger partial charge is 0.371 e. The van der Waals surface area contributed by atoms with E-state index in [1.54, 1.807) is 18.5 Å². The highest BCUT2D eigenvalue weighted by Gasteiger charge is 2.23. The maximum absolute atomic E-state index is 11.2. The minimum absolute atomic E-state index is 0.130. The average Bonchev–Trinajstić information content (AvgIpc) is 3.17. The number of rotatable bonds is 6. The van der Waals surface area contributed by atoms with Crippen LogP contribution in [0.1, 0.15) is 29.8 Å². The summed E-state index contributed by atoms with van der Waals surface area (Å²) < 4.78 is 1.75. The monoisotopic (exact) mass is 344 g/mol. The highest BCUT2D eigenvalue weighted by molar-refractivity contribution is 5.53. The van der Waals surface area contributed by atoms with Crippen molar-refractivity contribution in [2.75, 3.05) is 25.0 Å². The number of quaternary nitrogens is 1. The Morgan fingerprint density at radius 3 is 2.56 bits per heavy atom. The Kier molecular flexibility index (Phi) is 5.03. The predicted octanol–water partition coefficient (Wildman–Crippen LogP) is 1.68. The zero-order chi connectivity index (χ0) is 18.0. The molecule has 0 spiro atoms. The molecule has 0 aliphatic carbocycles. The van der Waals surface area contributed by atoms with Gasteiger partial charge in [0, 0.05) is 24.3 Å². The van der Waals surface area contributed by atoms with Crippen molar-refractivity contribution in [3.63, 3.8) is 0 Å². The van der Waals surface area contributed by atoms with Crippen LogP contribution in [0.3, 0.4) is 0 Å². The first kappa shape index (κ1) is 17.4. The molecule has 1 saturated heterocycles. The molecule has 0 bridgehead atoms. The second-order valence-electron chi connectivity index (χ2n) is 6.89. The number of hydrogen-bond acceptors (Lipinski definition) is 4. The first-order chi connectivity index (χ1) is 12.0. The molecule has 7 nitrogen and oxygen atoms in total. The van der Waals surface area contributed by atoms with Gasteiger partial charge < -0.3 is 9.80 Å². The molecule has 0 radical (unpaired) electrons. The minimum atomic E-state index is -0.341. The summed E-state index contributed by atoms with van der Waals surface area (Å²) in [5.74, 6) is 0. The van der Waals surface area contributed by atoms with Crippen molar-refractivity contribution < 1.29 is 9.82 Å². The molecule has 3 rings (SSSR count). The minimum Gasteiger partial charge on any atom is -0.371 e. The van der Waals surface area contributed by atoms with Gasteiger partial charge in [0.15, 0.2) is 6.67 Å². The molecule has 1 atom stereocenters. The number of nitro groups is 1. The zero-order valence-corrected chi connectivity index (χ0v) is 15.2. The van der Waals surface area contributed by atoms with Gasteiger partial charge >= 0.3 is 5.69 Å². The molecule has 2 heterocycles. The topological polar surface area (TPSA) is 68.6 Å². The summed E-state index contributed by atoms with van der Waals surface area (Å²) in [6.45, 7) is 7.18. The normalized spacial score (nSPS) is 15.6. The number of aromatic nitrogens is 2. The molecule has 1 unspecified atom stereocenters. The van der Waals surface area contributed by atoms with Gasteiger partial charge in [-0.15, -0.1) is 0 Å². The fraction of sp³-hybridized carbons (Fsp3) is 0.500. The second-order valence-corrected chi connectivity index (χ2v) is 6.89. The molecular weight excluding hydrogens is 318 g/mol. The van der Waals surface area contributed by atoms with E-state index in [9.17, 15) is 10.1 Å². The van der Waals surface area contributed by atoms with E-state index in [-0.39, 0.29) is 10.6 Å². The lowest BCUT2D eigenvalue weighted by molar-refractivity contribution is -0.917. The van der Waals surface area contributed by atoms with Crippen molar-refractivity contribution in [3.8, 4) is 0 Å². The van der Waals surface area contributed by atoms with E-state index in [0.29, 0.717) is 18.1 Å². The van der Waals surface area contributed by atoms with Crippen LogP contribution in [0, 0.1) is 24.0 Å². The number of nitrogens with zero attached hydrogens (tertiary/aromatic N) is 4.